The van der Waals surface area contributed by atoms with Gasteiger partial charge in [0.1, 0.15) is 6.10 Å². The first-order chi connectivity index (χ1) is 8.83. The SMILES string of the molecule is CCOCCCc1nc(C2CCC(CN)O2)no1. The Kier molecular flexibility index (Phi) is 5.10. The highest BCUT2D eigenvalue weighted by atomic mass is 16.5. The largest absolute Gasteiger partial charge is 0.382 e. The van der Waals surface area contributed by atoms with Crippen LogP contribution in [0.1, 0.15) is 44.0 Å². The monoisotopic (exact) mass is 255 g/mol. The number of ether oxygens (including phenoxy) is 2. The zero-order chi connectivity index (χ0) is 12.8. The molecule has 0 aliphatic carbocycles. The van der Waals surface area contributed by atoms with E-state index in [1.807, 2.05) is 6.92 Å². The van der Waals surface area contributed by atoms with E-state index in [2.05, 4.69) is 10.1 Å². The van der Waals surface area contributed by atoms with Crippen LogP contribution in [-0.2, 0) is 15.9 Å². The van der Waals surface area contributed by atoms with Crippen LogP contribution >= 0.6 is 0 Å². The fourth-order valence-electron chi connectivity index (χ4n) is 2.04. The molecule has 2 heterocycles. The van der Waals surface area contributed by atoms with Gasteiger partial charge in [-0.05, 0) is 26.2 Å². The molecule has 1 aromatic heterocycles. The average Bonchev–Trinajstić information content (AvgIpc) is 3.03. The molecule has 0 spiro atoms. The van der Waals surface area contributed by atoms with Crippen LogP contribution < -0.4 is 5.73 Å². The Morgan fingerprint density at radius 1 is 1.44 bits per heavy atom. The Bertz CT molecular complexity index is 356. The molecule has 2 N–H and O–H groups in total. The first kappa shape index (κ1) is 13.5. The summed E-state index contributed by atoms with van der Waals surface area (Å²) in [6.07, 6.45) is 3.61. The molecular formula is C12H21N3O3. The molecule has 2 unspecified atom stereocenters. The minimum Gasteiger partial charge on any atom is -0.382 e. The fraction of sp³-hybridized carbons (Fsp3) is 0.833. The zero-order valence-corrected chi connectivity index (χ0v) is 10.8. The molecule has 6 nitrogen and oxygen atoms in total. The molecule has 0 bridgehead atoms. The van der Waals surface area contributed by atoms with Gasteiger partial charge in [-0.15, -0.1) is 0 Å². The molecule has 1 fully saturated rings. The standard InChI is InChI=1S/C12H21N3O3/c1-2-16-7-3-4-11-14-12(15-18-11)10-6-5-9(8-13)17-10/h9-10H,2-8,13H2,1H3. The van der Waals surface area contributed by atoms with Crippen LogP contribution in [-0.4, -0.2) is 36.0 Å². The van der Waals surface area contributed by atoms with Gasteiger partial charge in [-0.25, -0.2) is 0 Å². The first-order valence-corrected chi connectivity index (χ1v) is 6.59. The van der Waals surface area contributed by atoms with Gasteiger partial charge in [0.25, 0.3) is 0 Å². The Morgan fingerprint density at radius 3 is 3.06 bits per heavy atom. The highest BCUT2D eigenvalue weighted by Gasteiger charge is 2.29. The summed E-state index contributed by atoms with van der Waals surface area (Å²) >= 11 is 0. The highest BCUT2D eigenvalue weighted by molar-refractivity contribution is 4.94. The molecule has 18 heavy (non-hydrogen) atoms. The van der Waals surface area contributed by atoms with Gasteiger partial charge in [-0.3, -0.25) is 0 Å². The van der Waals surface area contributed by atoms with E-state index in [0.717, 1.165) is 38.9 Å². The van der Waals surface area contributed by atoms with Crippen LogP contribution in [0.4, 0.5) is 0 Å². The number of aryl methyl sites for hydroxylation is 1. The zero-order valence-electron chi connectivity index (χ0n) is 10.8. The minimum absolute atomic E-state index is 0.0528. The van der Waals surface area contributed by atoms with Gasteiger partial charge in [-0.2, -0.15) is 4.98 Å². The second kappa shape index (κ2) is 6.82. The Balaban J connectivity index is 1.79. The normalized spacial score (nSPS) is 23.7. The van der Waals surface area contributed by atoms with Crippen molar-refractivity contribution in [1.29, 1.82) is 0 Å². The van der Waals surface area contributed by atoms with Gasteiger partial charge >= 0.3 is 0 Å². The lowest BCUT2D eigenvalue weighted by Gasteiger charge is -2.07. The average molecular weight is 255 g/mol. The summed E-state index contributed by atoms with van der Waals surface area (Å²) in [5, 5.41) is 3.97. The highest BCUT2D eigenvalue weighted by Crippen LogP contribution is 2.30. The summed E-state index contributed by atoms with van der Waals surface area (Å²) < 4.78 is 16.2. The molecule has 0 radical (unpaired) electrons. The third-order valence-electron chi connectivity index (χ3n) is 3.03. The van der Waals surface area contributed by atoms with Crippen molar-refractivity contribution in [3.8, 4) is 0 Å². The van der Waals surface area contributed by atoms with E-state index in [4.69, 9.17) is 19.7 Å². The lowest BCUT2D eigenvalue weighted by atomic mass is 10.2. The van der Waals surface area contributed by atoms with E-state index in [-0.39, 0.29) is 12.2 Å². The molecular weight excluding hydrogens is 234 g/mol. The molecule has 0 aromatic carbocycles. The summed E-state index contributed by atoms with van der Waals surface area (Å²) in [4.78, 5) is 4.36. The summed E-state index contributed by atoms with van der Waals surface area (Å²) in [5.41, 5.74) is 5.57. The Hall–Kier alpha value is -0.980. The van der Waals surface area contributed by atoms with E-state index in [0.29, 0.717) is 18.3 Å². The third kappa shape index (κ3) is 3.51. The van der Waals surface area contributed by atoms with Crippen molar-refractivity contribution < 1.29 is 14.0 Å². The maximum absolute atomic E-state index is 5.72. The maximum atomic E-state index is 5.72. The summed E-state index contributed by atoms with van der Waals surface area (Å²) in [7, 11) is 0. The molecule has 1 aromatic rings. The topological polar surface area (TPSA) is 83.4 Å². The smallest absolute Gasteiger partial charge is 0.226 e. The number of rotatable bonds is 7. The number of hydrogen-bond donors (Lipinski definition) is 1. The molecule has 1 saturated heterocycles. The molecule has 1 aliphatic heterocycles. The summed E-state index contributed by atoms with van der Waals surface area (Å²) in [6.45, 7) is 4.00. The number of nitrogens with zero attached hydrogens (tertiary/aromatic N) is 2. The van der Waals surface area contributed by atoms with Crippen LogP contribution in [0.5, 0.6) is 0 Å². The fourth-order valence-corrected chi connectivity index (χ4v) is 2.04. The van der Waals surface area contributed by atoms with Crippen molar-refractivity contribution in [2.75, 3.05) is 19.8 Å². The van der Waals surface area contributed by atoms with Crippen molar-refractivity contribution >= 4 is 0 Å². The van der Waals surface area contributed by atoms with Gasteiger partial charge in [0.05, 0.1) is 6.10 Å². The summed E-state index contributed by atoms with van der Waals surface area (Å²) in [6, 6.07) is 0. The van der Waals surface area contributed by atoms with E-state index in [1.54, 1.807) is 0 Å². The van der Waals surface area contributed by atoms with Crippen molar-refractivity contribution in [2.45, 2.75) is 44.8 Å². The molecule has 1 aliphatic rings. The van der Waals surface area contributed by atoms with Gasteiger partial charge in [0, 0.05) is 26.2 Å². The van der Waals surface area contributed by atoms with E-state index in [9.17, 15) is 0 Å². The van der Waals surface area contributed by atoms with E-state index < -0.39 is 0 Å². The van der Waals surface area contributed by atoms with E-state index >= 15 is 0 Å². The number of aromatic nitrogens is 2. The lowest BCUT2D eigenvalue weighted by molar-refractivity contribution is 0.0435. The second-order valence-corrected chi connectivity index (χ2v) is 4.41. The second-order valence-electron chi connectivity index (χ2n) is 4.41. The Morgan fingerprint density at radius 2 is 2.33 bits per heavy atom. The van der Waals surface area contributed by atoms with Gasteiger partial charge in [0.2, 0.25) is 11.7 Å². The number of nitrogens with two attached hydrogens (primary N) is 1. The predicted molar refractivity (Wildman–Crippen MR) is 65.0 cm³/mol. The van der Waals surface area contributed by atoms with E-state index in [1.165, 1.54) is 0 Å². The molecule has 2 atom stereocenters. The molecule has 6 heteroatoms. The van der Waals surface area contributed by atoms with Crippen LogP contribution in [0.2, 0.25) is 0 Å². The first-order valence-electron chi connectivity index (χ1n) is 6.59. The van der Waals surface area contributed by atoms with Crippen LogP contribution in [0.15, 0.2) is 4.52 Å². The quantitative estimate of drug-likeness (QED) is 0.737. The van der Waals surface area contributed by atoms with Gasteiger partial charge < -0.3 is 19.7 Å². The molecule has 0 saturated carbocycles. The molecule has 0 amide bonds. The molecule has 102 valence electrons. The minimum atomic E-state index is -0.0528. The van der Waals surface area contributed by atoms with Crippen molar-refractivity contribution in [1.82, 2.24) is 10.1 Å². The third-order valence-corrected chi connectivity index (χ3v) is 3.03. The predicted octanol–water partition coefficient (Wildman–Crippen LogP) is 1.22. The van der Waals surface area contributed by atoms with Crippen LogP contribution in [0, 0.1) is 0 Å². The lowest BCUT2D eigenvalue weighted by Crippen LogP contribution is -2.19. The number of hydrogen-bond acceptors (Lipinski definition) is 6. The van der Waals surface area contributed by atoms with Crippen molar-refractivity contribution in [2.24, 2.45) is 5.73 Å². The molecule has 2 rings (SSSR count). The maximum Gasteiger partial charge on any atom is 0.226 e. The van der Waals surface area contributed by atoms with Gasteiger partial charge in [0.15, 0.2) is 0 Å². The van der Waals surface area contributed by atoms with Gasteiger partial charge in [-0.1, -0.05) is 5.16 Å². The summed E-state index contributed by atoms with van der Waals surface area (Å²) in [5.74, 6) is 1.31. The van der Waals surface area contributed by atoms with Crippen LogP contribution in [0.25, 0.3) is 0 Å². The van der Waals surface area contributed by atoms with Crippen molar-refractivity contribution in [3.05, 3.63) is 11.7 Å². The van der Waals surface area contributed by atoms with Crippen LogP contribution in [0.3, 0.4) is 0 Å². The Labute approximate surface area is 107 Å². The van der Waals surface area contributed by atoms with Crippen molar-refractivity contribution in [3.63, 3.8) is 0 Å².